The van der Waals surface area contributed by atoms with E-state index in [1.807, 2.05) is 0 Å². The molecule has 2 aliphatic carbocycles. The van der Waals surface area contributed by atoms with Crippen LogP contribution >= 0.6 is 12.4 Å². The second-order valence-electron chi connectivity index (χ2n) is 7.44. The van der Waals surface area contributed by atoms with E-state index in [4.69, 9.17) is 0 Å². The number of hydrogen-bond donors (Lipinski definition) is 1. The summed E-state index contributed by atoms with van der Waals surface area (Å²) in [6, 6.07) is 10.7. The molecule has 126 valence electrons. The molecule has 2 saturated carbocycles. The Morgan fingerprint density at radius 2 is 1.91 bits per heavy atom. The molecule has 0 radical (unpaired) electrons. The largest absolute Gasteiger partial charge is 0.340 e. The number of piperazine rings is 1. The molecule has 4 rings (SSSR count). The van der Waals surface area contributed by atoms with Crippen LogP contribution in [0, 0.1) is 17.3 Å². The topological polar surface area (TPSA) is 32.3 Å². The standard InChI is InChI=1S/C19H26N2O.ClH/c22-18(21-10-8-20-9-11-21)19(13-15-4-2-1-3-5-15)14-16-6-7-17(19)12-16;/h1-5,16-17,20H,6-14H2;1H. The molecule has 3 atom stereocenters. The summed E-state index contributed by atoms with van der Waals surface area (Å²) in [6.07, 6.45) is 5.95. The van der Waals surface area contributed by atoms with E-state index in [0.717, 1.165) is 44.9 Å². The van der Waals surface area contributed by atoms with Crippen molar-refractivity contribution in [2.75, 3.05) is 26.2 Å². The van der Waals surface area contributed by atoms with E-state index < -0.39 is 0 Å². The van der Waals surface area contributed by atoms with E-state index in [9.17, 15) is 4.79 Å². The molecule has 1 aromatic carbocycles. The zero-order valence-electron chi connectivity index (χ0n) is 13.7. The van der Waals surface area contributed by atoms with Gasteiger partial charge in [-0.25, -0.2) is 0 Å². The number of rotatable bonds is 3. The molecular formula is C19H27ClN2O. The fourth-order valence-electron chi connectivity index (χ4n) is 5.14. The maximum Gasteiger partial charge on any atom is 0.229 e. The summed E-state index contributed by atoms with van der Waals surface area (Å²) in [6.45, 7) is 3.65. The second-order valence-corrected chi connectivity index (χ2v) is 7.44. The third-order valence-corrected chi connectivity index (χ3v) is 6.17. The highest BCUT2D eigenvalue weighted by molar-refractivity contribution is 5.85. The Morgan fingerprint density at radius 1 is 1.17 bits per heavy atom. The summed E-state index contributed by atoms with van der Waals surface area (Å²) in [5.74, 6) is 1.85. The Kier molecular flexibility index (Phi) is 4.98. The third-order valence-electron chi connectivity index (χ3n) is 6.17. The molecule has 1 aromatic rings. The Labute approximate surface area is 145 Å². The number of fused-ring (bicyclic) bond motifs is 2. The third kappa shape index (κ3) is 3.01. The van der Waals surface area contributed by atoms with Crippen LogP contribution in [-0.4, -0.2) is 37.0 Å². The lowest BCUT2D eigenvalue weighted by atomic mass is 9.68. The highest BCUT2D eigenvalue weighted by Crippen LogP contribution is 2.58. The first-order valence-electron chi connectivity index (χ1n) is 8.82. The zero-order valence-corrected chi connectivity index (χ0v) is 14.5. The minimum absolute atomic E-state index is 0. The predicted molar refractivity (Wildman–Crippen MR) is 94.7 cm³/mol. The fourth-order valence-corrected chi connectivity index (χ4v) is 5.14. The SMILES string of the molecule is Cl.O=C(N1CCNCC1)C1(Cc2ccccc2)CC2CCC1C2. The summed E-state index contributed by atoms with van der Waals surface area (Å²) in [5.41, 5.74) is 1.22. The van der Waals surface area contributed by atoms with Crippen LogP contribution in [-0.2, 0) is 11.2 Å². The van der Waals surface area contributed by atoms with Crippen LogP contribution in [0.15, 0.2) is 30.3 Å². The molecule has 1 heterocycles. The van der Waals surface area contributed by atoms with Crippen molar-refractivity contribution in [1.82, 2.24) is 10.2 Å². The van der Waals surface area contributed by atoms with E-state index >= 15 is 0 Å². The van der Waals surface area contributed by atoms with Gasteiger partial charge in [0.1, 0.15) is 0 Å². The van der Waals surface area contributed by atoms with Gasteiger partial charge in [0.2, 0.25) is 5.91 Å². The van der Waals surface area contributed by atoms with Gasteiger partial charge in [0.15, 0.2) is 0 Å². The fraction of sp³-hybridized carbons (Fsp3) is 0.632. The van der Waals surface area contributed by atoms with E-state index in [-0.39, 0.29) is 17.8 Å². The quantitative estimate of drug-likeness (QED) is 0.921. The second kappa shape index (κ2) is 6.82. The summed E-state index contributed by atoms with van der Waals surface area (Å²) in [5, 5.41) is 3.36. The normalized spacial score (nSPS) is 32.6. The number of hydrogen-bond acceptors (Lipinski definition) is 2. The molecular weight excluding hydrogens is 308 g/mol. The van der Waals surface area contributed by atoms with Gasteiger partial charge in [0.05, 0.1) is 5.41 Å². The van der Waals surface area contributed by atoms with Gasteiger partial charge in [-0.05, 0) is 43.1 Å². The number of carbonyl (C=O) groups excluding carboxylic acids is 1. The number of amides is 1. The van der Waals surface area contributed by atoms with E-state index in [0.29, 0.717) is 11.8 Å². The lowest BCUT2D eigenvalue weighted by molar-refractivity contribution is -0.146. The monoisotopic (exact) mass is 334 g/mol. The molecule has 1 N–H and O–H groups in total. The minimum Gasteiger partial charge on any atom is -0.340 e. The van der Waals surface area contributed by atoms with Crippen molar-refractivity contribution in [1.29, 1.82) is 0 Å². The highest BCUT2D eigenvalue weighted by atomic mass is 35.5. The Morgan fingerprint density at radius 3 is 2.52 bits per heavy atom. The van der Waals surface area contributed by atoms with Crippen molar-refractivity contribution in [3.05, 3.63) is 35.9 Å². The maximum atomic E-state index is 13.4. The van der Waals surface area contributed by atoms with Crippen LogP contribution < -0.4 is 5.32 Å². The molecule has 1 amide bonds. The first kappa shape index (κ1) is 16.8. The van der Waals surface area contributed by atoms with E-state index in [2.05, 4.69) is 40.5 Å². The Hall–Kier alpha value is -1.06. The van der Waals surface area contributed by atoms with Crippen molar-refractivity contribution in [2.45, 2.75) is 32.1 Å². The van der Waals surface area contributed by atoms with Gasteiger partial charge in [-0.1, -0.05) is 36.8 Å². The molecule has 4 heteroatoms. The van der Waals surface area contributed by atoms with Crippen molar-refractivity contribution in [3.8, 4) is 0 Å². The van der Waals surface area contributed by atoms with Crippen LogP contribution in [0.1, 0.15) is 31.2 Å². The van der Waals surface area contributed by atoms with Crippen LogP contribution in [0.3, 0.4) is 0 Å². The Balaban J connectivity index is 0.00000156. The van der Waals surface area contributed by atoms with Crippen molar-refractivity contribution in [3.63, 3.8) is 0 Å². The van der Waals surface area contributed by atoms with E-state index in [1.165, 1.54) is 24.8 Å². The zero-order chi connectivity index (χ0) is 15.0. The van der Waals surface area contributed by atoms with Gasteiger partial charge < -0.3 is 10.2 Å². The first-order chi connectivity index (χ1) is 10.8. The summed E-state index contributed by atoms with van der Waals surface area (Å²) in [7, 11) is 0. The molecule has 0 aromatic heterocycles. The minimum atomic E-state index is -0.110. The average Bonchev–Trinajstić information content (AvgIpc) is 3.17. The predicted octanol–water partition coefficient (Wildman–Crippen LogP) is 2.89. The van der Waals surface area contributed by atoms with Gasteiger partial charge in [-0.2, -0.15) is 0 Å². The lowest BCUT2D eigenvalue weighted by Crippen LogP contribution is -2.54. The Bertz CT molecular complexity index is 544. The van der Waals surface area contributed by atoms with Gasteiger partial charge in [-0.15, -0.1) is 12.4 Å². The molecule has 3 fully saturated rings. The smallest absolute Gasteiger partial charge is 0.229 e. The summed E-state index contributed by atoms with van der Waals surface area (Å²) < 4.78 is 0. The number of carbonyl (C=O) groups is 1. The van der Waals surface area contributed by atoms with Crippen LogP contribution in [0.5, 0.6) is 0 Å². The maximum absolute atomic E-state index is 13.4. The number of benzene rings is 1. The van der Waals surface area contributed by atoms with Crippen molar-refractivity contribution < 1.29 is 4.79 Å². The van der Waals surface area contributed by atoms with E-state index in [1.54, 1.807) is 0 Å². The van der Waals surface area contributed by atoms with Gasteiger partial charge >= 0.3 is 0 Å². The van der Waals surface area contributed by atoms with Crippen LogP contribution in [0.4, 0.5) is 0 Å². The number of nitrogens with zero attached hydrogens (tertiary/aromatic N) is 1. The van der Waals surface area contributed by atoms with Crippen molar-refractivity contribution >= 4 is 18.3 Å². The number of nitrogens with one attached hydrogen (secondary N) is 1. The van der Waals surface area contributed by atoms with Crippen molar-refractivity contribution in [2.24, 2.45) is 17.3 Å². The van der Waals surface area contributed by atoms with Gasteiger partial charge in [-0.3, -0.25) is 4.79 Å². The van der Waals surface area contributed by atoms with Gasteiger partial charge in [0, 0.05) is 26.2 Å². The molecule has 3 unspecified atom stereocenters. The highest BCUT2D eigenvalue weighted by Gasteiger charge is 2.56. The molecule has 23 heavy (non-hydrogen) atoms. The van der Waals surface area contributed by atoms with Crippen LogP contribution in [0.25, 0.3) is 0 Å². The molecule has 3 aliphatic rings. The molecule has 1 aliphatic heterocycles. The van der Waals surface area contributed by atoms with Gasteiger partial charge in [0.25, 0.3) is 0 Å². The molecule has 1 saturated heterocycles. The van der Waals surface area contributed by atoms with Crippen LogP contribution in [0.2, 0.25) is 0 Å². The molecule has 3 nitrogen and oxygen atoms in total. The molecule has 0 spiro atoms. The summed E-state index contributed by atoms with van der Waals surface area (Å²) >= 11 is 0. The molecule has 2 bridgehead atoms. The average molecular weight is 335 g/mol. The first-order valence-corrected chi connectivity index (χ1v) is 8.82. The summed E-state index contributed by atoms with van der Waals surface area (Å²) in [4.78, 5) is 15.6. The lowest BCUT2D eigenvalue weighted by Gasteiger charge is -2.42. The number of halogens is 1.